The van der Waals surface area contributed by atoms with Crippen molar-refractivity contribution < 1.29 is 0 Å². The van der Waals surface area contributed by atoms with E-state index in [4.69, 9.17) is 0 Å². The van der Waals surface area contributed by atoms with E-state index < -0.39 is 0 Å². The van der Waals surface area contributed by atoms with Crippen molar-refractivity contribution in [1.82, 2.24) is 4.57 Å². The molecule has 1 aromatic heterocycles. The van der Waals surface area contributed by atoms with Gasteiger partial charge in [0.2, 0.25) is 0 Å². The van der Waals surface area contributed by atoms with Gasteiger partial charge in [0.15, 0.2) is 0 Å². The molecular formula is C25H27NO. The summed E-state index contributed by atoms with van der Waals surface area (Å²) in [4.78, 5) is 13.5. The number of rotatable bonds is 4. The molecule has 0 saturated heterocycles. The predicted octanol–water partition coefficient (Wildman–Crippen LogP) is 6.15. The Labute approximate surface area is 161 Å². The van der Waals surface area contributed by atoms with Crippen LogP contribution in [0.15, 0.2) is 65.5 Å². The van der Waals surface area contributed by atoms with Gasteiger partial charge in [-0.15, -0.1) is 0 Å². The van der Waals surface area contributed by atoms with Gasteiger partial charge in [-0.05, 0) is 54.3 Å². The molecule has 138 valence electrons. The summed E-state index contributed by atoms with van der Waals surface area (Å²) in [6.07, 6.45) is 11.9. The van der Waals surface area contributed by atoms with Crippen LogP contribution in [0, 0.1) is 5.92 Å². The van der Waals surface area contributed by atoms with E-state index in [0.717, 1.165) is 34.1 Å². The molecule has 1 aliphatic carbocycles. The van der Waals surface area contributed by atoms with E-state index >= 15 is 0 Å². The zero-order valence-corrected chi connectivity index (χ0v) is 16.0. The van der Waals surface area contributed by atoms with E-state index in [-0.39, 0.29) is 5.56 Å². The van der Waals surface area contributed by atoms with Crippen LogP contribution in [-0.4, -0.2) is 4.57 Å². The minimum absolute atomic E-state index is 0.0828. The maximum absolute atomic E-state index is 13.5. The van der Waals surface area contributed by atoms with Crippen molar-refractivity contribution in [2.75, 3.05) is 0 Å². The van der Waals surface area contributed by atoms with Gasteiger partial charge in [0.1, 0.15) is 0 Å². The number of hydrogen-bond donors (Lipinski definition) is 0. The average Bonchev–Trinajstić information content (AvgIpc) is 2.73. The first-order chi connectivity index (χ1) is 13.3. The quantitative estimate of drug-likeness (QED) is 0.549. The number of fused-ring (bicyclic) bond motifs is 1. The first-order valence-corrected chi connectivity index (χ1v) is 10.2. The Morgan fingerprint density at radius 3 is 2.52 bits per heavy atom. The maximum Gasteiger partial charge on any atom is 0.263 e. The van der Waals surface area contributed by atoms with Crippen molar-refractivity contribution in [3.63, 3.8) is 0 Å². The Kier molecular flexibility index (Phi) is 5.24. The van der Waals surface area contributed by atoms with E-state index in [9.17, 15) is 4.79 Å². The fraction of sp³-hybridized carbons (Fsp3) is 0.320. The molecule has 0 N–H and O–H groups in total. The van der Waals surface area contributed by atoms with Gasteiger partial charge in [0.05, 0.1) is 5.39 Å². The number of benzene rings is 2. The Morgan fingerprint density at radius 2 is 1.78 bits per heavy atom. The lowest BCUT2D eigenvalue weighted by molar-refractivity contribution is 0.420. The normalized spacial score (nSPS) is 15.6. The molecule has 1 saturated carbocycles. The zero-order valence-electron chi connectivity index (χ0n) is 16.0. The van der Waals surface area contributed by atoms with Crippen LogP contribution in [0.4, 0.5) is 0 Å². The Hall–Kier alpha value is -2.61. The molecule has 2 nitrogen and oxygen atoms in total. The van der Waals surface area contributed by atoms with Crippen molar-refractivity contribution in [3.05, 3.63) is 82.3 Å². The lowest BCUT2D eigenvalue weighted by Crippen LogP contribution is -2.22. The molecule has 0 atom stereocenters. The number of hydrogen-bond acceptors (Lipinski definition) is 1. The third kappa shape index (κ3) is 3.62. The molecule has 2 heteroatoms. The third-order valence-electron chi connectivity index (χ3n) is 5.73. The molecule has 4 rings (SSSR count). The minimum Gasteiger partial charge on any atom is -0.281 e. The highest BCUT2D eigenvalue weighted by Crippen LogP contribution is 2.26. The van der Waals surface area contributed by atoms with Gasteiger partial charge in [0, 0.05) is 11.4 Å². The summed E-state index contributed by atoms with van der Waals surface area (Å²) < 4.78 is 1.88. The monoisotopic (exact) mass is 357 g/mol. The molecule has 3 aromatic rings. The molecule has 0 amide bonds. The van der Waals surface area contributed by atoms with E-state index in [1.165, 1.54) is 32.1 Å². The number of aryl methyl sites for hydroxylation is 1. The van der Waals surface area contributed by atoms with Gasteiger partial charge in [-0.3, -0.25) is 9.36 Å². The van der Waals surface area contributed by atoms with Crippen molar-refractivity contribution in [1.29, 1.82) is 0 Å². The van der Waals surface area contributed by atoms with E-state index in [0.29, 0.717) is 5.92 Å². The summed E-state index contributed by atoms with van der Waals surface area (Å²) in [5.41, 5.74) is 3.11. The zero-order chi connectivity index (χ0) is 18.6. The van der Waals surface area contributed by atoms with Crippen molar-refractivity contribution in [2.45, 2.75) is 45.4 Å². The Bertz CT molecular complexity index is 1010. The second-order valence-electron chi connectivity index (χ2n) is 7.53. The van der Waals surface area contributed by atoms with Gasteiger partial charge >= 0.3 is 0 Å². The van der Waals surface area contributed by atoms with Crippen LogP contribution in [0.2, 0.25) is 0 Å². The van der Waals surface area contributed by atoms with Gasteiger partial charge in [-0.25, -0.2) is 0 Å². The summed E-state index contributed by atoms with van der Waals surface area (Å²) in [6.45, 7) is 2.10. The first kappa shape index (κ1) is 17.8. The molecule has 0 unspecified atom stereocenters. The van der Waals surface area contributed by atoms with Crippen LogP contribution in [0.25, 0.3) is 22.5 Å². The van der Waals surface area contributed by atoms with Crippen LogP contribution in [0.3, 0.4) is 0 Å². The third-order valence-corrected chi connectivity index (χ3v) is 5.73. The molecule has 2 aromatic carbocycles. The van der Waals surface area contributed by atoms with Gasteiger partial charge < -0.3 is 0 Å². The lowest BCUT2D eigenvalue weighted by atomic mass is 9.88. The van der Waals surface area contributed by atoms with E-state index in [1.807, 2.05) is 34.9 Å². The number of nitrogens with zero attached hydrogens (tertiary/aromatic N) is 1. The SMILES string of the molecule is CCc1cc2cccc(/C=C/C3CCCCC3)c2c(=O)n1-c1ccccc1. The largest absolute Gasteiger partial charge is 0.281 e. The highest BCUT2D eigenvalue weighted by molar-refractivity contribution is 5.90. The molecule has 0 bridgehead atoms. The summed E-state index contributed by atoms with van der Waals surface area (Å²) in [5.74, 6) is 0.653. The summed E-state index contributed by atoms with van der Waals surface area (Å²) in [5, 5.41) is 1.86. The van der Waals surface area contributed by atoms with Crippen LogP contribution in [0.1, 0.15) is 50.3 Å². The van der Waals surface area contributed by atoms with Crippen LogP contribution in [0.5, 0.6) is 0 Å². The molecule has 0 spiro atoms. The molecular weight excluding hydrogens is 330 g/mol. The average molecular weight is 357 g/mol. The molecule has 1 heterocycles. The van der Waals surface area contributed by atoms with Crippen molar-refractivity contribution in [3.8, 4) is 5.69 Å². The maximum atomic E-state index is 13.5. The number of aromatic nitrogens is 1. The smallest absolute Gasteiger partial charge is 0.263 e. The fourth-order valence-corrected chi connectivity index (χ4v) is 4.27. The second-order valence-corrected chi connectivity index (χ2v) is 7.53. The van der Waals surface area contributed by atoms with Gasteiger partial charge in [0.25, 0.3) is 5.56 Å². The summed E-state index contributed by atoms with van der Waals surface area (Å²) in [6, 6.07) is 18.3. The minimum atomic E-state index is 0.0828. The summed E-state index contributed by atoms with van der Waals surface area (Å²) >= 11 is 0. The molecule has 0 aliphatic heterocycles. The summed E-state index contributed by atoms with van der Waals surface area (Å²) in [7, 11) is 0. The van der Waals surface area contributed by atoms with Gasteiger partial charge in [-0.1, -0.05) is 74.7 Å². The number of para-hydroxylation sites is 1. The number of pyridine rings is 1. The second kappa shape index (κ2) is 7.96. The predicted molar refractivity (Wildman–Crippen MR) is 115 cm³/mol. The van der Waals surface area contributed by atoms with Crippen LogP contribution < -0.4 is 5.56 Å². The fourth-order valence-electron chi connectivity index (χ4n) is 4.27. The molecule has 1 aliphatic rings. The molecule has 1 fully saturated rings. The molecule has 27 heavy (non-hydrogen) atoms. The number of allylic oxidation sites excluding steroid dienone is 1. The van der Waals surface area contributed by atoms with Crippen molar-refractivity contribution in [2.24, 2.45) is 5.92 Å². The van der Waals surface area contributed by atoms with E-state index in [1.54, 1.807) is 0 Å². The highest BCUT2D eigenvalue weighted by atomic mass is 16.1. The van der Waals surface area contributed by atoms with E-state index in [2.05, 4.69) is 43.3 Å². The van der Waals surface area contributed by atoms with Crippen LogP contribution >= 0.6 is 0 Å². The lowest BCUT2D eigenvalue weighted by Gasteiger charge is -2.18. The Morgan fingerprint density at radius 1 is 1.00 bits per heavy atom. The van der Waals surface area contributed by atoms with Crippen LogP contribution in [-0.2, 0) is 6.42 Å². The topological polar surface area (TPSA) is 22.0 Å². The first-order valence-electron chi connectivity index (χ1n) is 10.2. The standard InChI is InChI=1S/C25H27NO/c1-2-22-18-21-13-9-12-20(17-16-19-10-5-3-6-11-19)24(21)25(27)26(22)23-14-7-4-8-15-23/h4,7-9,12-19H,2-3,5-6,10-11H2,1H3/b17-16+. The highest BCUT2D eigenvalue weighted by Gasteiger charge is 2.13. The van der Waals surface area contributed by atoms with Gasteiger partial charge in [-0.2, -0.15) is 0 Å². The Balaban J connectivity index is 1.86. The molecule has 0 radical (unpaired) electrons. The van der Waals surface area contributed by atoms with Crippen molar-refractivity contribution >= 4 is 16.8 Å².